The van der Waals surface area contributed by atoms with Crippen LogP contribution in [-0.2, 0) is 11.3 Å². The fourth-order valence-corrected chi connectivity index (χ4v) is 3.53. The van der Waals surface area contributed by atoms with Gasteiger partial charge in [-0.2, -0.15) is 0 Å². The summed E-state index contributed by atoms with van der Waals surface area (Å²) in [6.45, 7) is 2.81. The van der Waals surface area contributed by atoms with Crippen molar-refractivity contribution in [3.63, 3.8) is 0 Å². The maximum Gasteiger partial charge on any atom is 0.248 e. The van der Waals surface area contributed by atoms with Crippen LogP contribution < -0.4 is 15.8 Å². The molecule has 0 aliphatic carbocycles. The fraction of sp³-hybridized carbons (Fsp3) is 0.259. The molecule has 7 nitrogen and oxygen atoms in total. The summed E-state index contributed by atoms with van der Waals surface area (Å²) < 4.78 is 5.78. The van der Waals surface area contributed by atoms with Gasteiger partial charge in [0.2, 0.25) is 11.8 Å². The number of likely N-dealkylation sites (N-methyl/N-ethyl adjacent to an activating group) is 1. The molecule has 2 amide bonds. The van der Waals surface area contributed by atoms with Crippen LogP contribution in [0.25, 0.3) is 0 Å². The Morgan fingerprint density at radius 2 is 1.44 bits per heavy atom. The van der Waals surface area contributed by atoms with Crippen LogP contribution in [0.5, 0.6) is 11.5 Å². The molecule has 0 heterocycles. The van der Waals surface area contributed by atoms with Gasteiger partial charge in [-0.25, -0.2) is 0 Å². The highest BCUT2D eigenvalue weighted by Gasteiger charge is 2.09. The highest BCUT2D eigenvalue weighted by molar-refractivity contribution is 5.93. The molecule has 0 unspecified atom stereocenters. The predicted octanol–water partition coefficient (Wildman–Crippen LogP) is 3.97. The van der Waals surface area contributed by atoms with Gasteiger partial charge in [0.1, 0.15) is 11.5 Å². The van der Waals surface area contributed by atoms with Gasteiger partial charge in [0, 0.05) is 17.8 Å². The maximum atomic E-state index is 12.4. The molecule has 0 saturated heterocycles. The second-order valence-corrected chi connectivity index (χ2v) is 8.38. The maximum absolute atomic E-state index is 12.4. The van der Waals surface area contributed by atoms with Crippen molar-refractivity contribution < 1.29 is 14.3 Å². The number of nitrogens with one attached hydrogen (secondary N) is 1. The normalized spacial score (nSPS) is 10.9. The van der Waals surface area contributed by atoms with Crippen molar-refractivity contribution in [1.29, 1.82) is 0 Å². The van der Waals surface area contributed by atoms with Gasteiger partial charge in [-0.05, 0) is 87.7 Å². The molecule has 0 aliphatic heterocycles. The number of anilines is 1. The van der Waals surface area contributed by atoms with Crippen LogP contribution in [0.4, 0.5) is 5.69 Å². The minimum atomic E-state index is -0.416. The molecular weight excluding hydrogens is 428 g/mol. The Morgan fingerprint density at radius 1 is 0.824 bits per heavy atom. The summed E-state index contributed by atoms with van der Waals surface area (Å²) in [4.78, 5) is 27.8. The van der Waals surface area contributed by atoms with E-state index in [4.69, 9.17) is 10.5 Å². The van der Waals surface area contributed by atoms with Gasteiger partial charge >= 0.3 is 0 Å². The molecule has 0 saturated carbocycles. The van der Waals surface area contributed by atoms with E-state index in [1.54, 1.807) is 12.1 Å². The lowest BCUT2D eigenvalue weighted by Crippen LogP contribution is -2.32. The summed E-state index contributed by atoms with van der Waals surface area (Å²) in [5.74, 6) is 1.02. The average molecular weight is 461 g/mol. The summed E-state index contributed by atoms with van der Waals surface area (Å²) in [5, 5.41) is 2.93. The zero-order chi connectivity index (χ0) is 24.3. The average Bonchev–Trinajstić information content (AvgIpc) is 2.81. The van der Waals surface area contributed by atoms with Gasteiger partial charge < -0.3 is 20.7 Å². The molecule has 0 atom stereocenters. The van der Waals surface area contributed by atoms with Crippen molar-refractivity contribution >= 4 is 17.5 Å². The molecule has 0 aromatic heterocycles. The van der Waals surface area contributed by atoms with Crippen LogP contribution in [0.3, 0.4) is 0 Å². The van der Waals surface area contributed by atoms with Gasteiger partial charge in [-0.3, -0.25) is 14.5 Å². The van der Waals surface area contributed by atoms with Crippen molar-refractivity contribution in [3.05, 3.63) is 90.0 Å². The van der Waals surface area contributed by atoms with E-state index in [1.807, 2.05) is 78.7 Å². The van der Waals surface area contributed by atoms with Crippen LogP contribution in [-0.4, -0.2) is 55.3 Å². The zero-order valence-electron chi connectivity index (χ0n) is 19.7. The van der Waals surface area contributed by atoms with Crippen molar-refractivity contribution in [1.82, 2.24) is 9.80 Å². The van der Waals surface area contributed by atoms with E-state index in [2.05, 4.69) is 17.3 Å². The first-order chi connectivity index (χ1) is 16.4. The molecule has 178 valence electrons. The van der Waals surface area contributed by atoms with Crippen LogP contribution in [0, 0.1) is 0 Å². The lowest BCUT2D eigenvalue weighted by Gasteiger charge is -2.20. The van der Waals surface area contributed by atoms with Gasteiger partial charge in [-0.1, -0.05) is 30.3 Å². The van der Waals surface area contributed by atoms with Crippen molar-refractivity contribution in [2.24, 2.45) is 5.73 Å². The topological polar surface area (TPSA) is 87.9 Å². The number of amides is 2. The Labute approximate surface area is 201 Å². The van der Waals surface area contributed by atoms with Crippen LogP contribution in [0.2, 0.25) is 0 Å². The van der Waals surface area contributed by atoms with E-state index in [-0.39, 0.29) is 5.91 Å². The number of para-hydroxylation sites is 1. The second-order valence-electron chi connectivity index (χ2n) is 8.38. The largest absolute Gasteiger partial charge is 0.457 e. The number of rotatable bonds is 12. The summed E-state index contributed by atoms with van der Waals surface area (Å²) in [5.41, 5.74) is 7.66. The summed E-state index contributed by atoms with van der Waals surface area (Å²) >= 11 is 0. The minimum absolute atomic E-state index is 0.0536. The Morgan fingerprint density at radius 3 is 2.09 bits per heavy atom. The van der Waals surface area contributed by atoms with Crippen molar-refractivity contribution in [3.8, 4) is 11.5 Å². The van der Waals surface area contributed by atoms with E-state index < -0.39 is 5.91 Å². The summed E-state index contributed by atoms with van der Waals surface area (Å²) in [6, 6.07) is 24.3. The van der Waals surface area contributed by atoms with E-state index in [0.29, 0.717) is 17.9 Å². The predicted molar refractivity (Wildman–Crippen MR) is 135 cm³/mol. The van der Waals surface area contributed by atoms with E-state index in [1.165, 1.54) is 0 Å². The number of ether oxygens (including phenoxy) is 1. The van der Waals surface area contributed by atoms with E-state index in [9.17, 15) is 9.59 Å². The number of hydrogen-bond donors (Lipinski definition) is 2. The first kappa shape index (κ1) is 25.0. The van der Waals surface area contributed by atoms with Gasteiger partial charge in [0.25, 0.3) is 0 Å². The molecule has 0 bridgehead atoms. The minimum Gasteiger partial charge on any atom is -0.457 e. The standard InChI is InChI=1S/C27H32N4O3/c1-30(19-21-9-11-22(12-10-21)27(28)33)17-6-18-31(2)20-26(32)29-23-13-15-25(16-14-23)34-24-7-4-3-5-8-24/h3-5,7-16H,6,17-20H2,1-2H3,(H2,28,33)(H,29,32). The van der Waals surface area contributed by atoms with Crippen LogP contribution in [0.1, 0.15) is 22.3 Å². The van der Waals surface area contributed by atoms with Gasteiger partial charge in [0.05, 0.1) is 6.54 Å². The lowest BCUT2D eigenvalue weighted by atomic mass is 10.1. The number of benzene rings is 3. The molecular formula is C27H32N4O3. The summed E-state index contributed by atoms with van der Waals surface area (Å²) in [7, 11) is 4.00. The number of nitrogens with two attached hydrogens (primary N) is 1. The smallest absolute Gasteiger partial charge is 0.248 e. The molecule has 0 aliphatic rings. The Balaban J connectivity index is 1.34. The second kappa shape index (κ2) is 12.5. The molecule has 7 heteroatoms. The molecule has 3 aromatic carbocycles. The summed E-state index contributed by atoms with van der Waals surface area (Å²) in [6.07, 6.45) is 0.936. The number of carbonyl (C=O) groups excluding carboxylic acids is 2. The van der Waals surface area contributed by atoms with Gasteiger partial charge in [-0.15, -0.1) is 0 Å². The Hall–Kier alpha value is -3.68. The molecule has 0 fully saturated rings. The molecule has 3 N–H and O–H groups in total. The third kappa shape index (κ3) is 8.35. The zero-order valence-corrected chi connectivity index (χ0v) is 19.7. The molecule has 3 aromatic rings. The van der Waals surface area contributed by atoms with Crippen molar-refractivity contribution in [2.45, 2.75) is 13.0 Å². The molecule has 3 rings (SSSR count). The van der Waals surface area contributed by atoms with Gasteiger partial charge in [0.15, 0.2) is 0 Å². The SMILES string of the molecule is CN(CCCN(C)Cc1ccc(C(N)=O)cc1)CC(=O)Nc1ccc(Oc2ccccc2)cc1. The quantitative estimate of drug-likeness (QED) is 0.427. The molecule has 34 heavy (non-hydrogen) atoms. The third-order valence-corrected chi connectivity index (χ3v) is 5.30. The number of carbonyl (C=O) groups is 2. The molecule has 0 spiro atoms. The van der Waals surface area contributed by atoms with Crippen LogP contribution >= 0.6 is 0 Å². The highest BCUT2D eigenvalue weighted by Crippen LogP contribution is 2.22. The first-order valence-corrected chi connectivity index (χ1v) is 11.3. The van der Waals surface area contributed by atoms with Crippen molar-refractivity contribution in [2.75, 3.05) is 39.0 Å². The van der Waals surface area contributed by atoms with Crippen LogP contribution in [0.15, 0.2) is 78.9 Å². The van der Waals surface area contributed by atoms with E-state index >= 15 is 0 Å². The number of primary amides is 1. The number of nitrogens with zero attached hydrogens (tertiary/aromatic N) is 2. The molecule has 0 radical (unpaired) electrons. The highest BCUT2D eigenvalue weighted by atomic mass is 16.5. The Bertz CT molecular complexity index is 1050. The number of hydrogen-bond acceptors (Lipinski definition) is 5. The fourth-order valence-electron chi connectivity index (χ4n) is 3.53. The third-order valence-electron chi connectivity index (χ3n) is 5.30. The monoisotopic (exact) mass is 460 g/mol. The Kier molecular flexibility index (Phi) is 9.20. The first-order valence-electron chi connectivity index (χ1n) is 11.3. The van der Waals surface area contributed by atoms with E-state index in [0.717, 1.165) is 43.1 Å². The lowest BCUT2D eigenvalue weighted by molar-refractivity contribution is -0.117.